The minimum absolute atomic E-state index is 0.135. The summed E-state index contributed by atoms with van der Waals surface area (Å²) >= 11 is 6.26. The highest BCUT2D eigenvalue weighted by molar-refractivity contribution is 6.31. The lowest BCUT2D eigenvalue weighted by atomic mass is 10.1. The van der Waals surface area contributed by atoms with Crippen molar-refractivity contribution in [3.63, 3.8) is 0 Å². The van der Waals surface area contributed by atoms with Crippen molar-refractivity contribution in [1.29, 1.82) is 0 Å². The van der Waals surface area contributed by atoms with Crippen molar-refractivity contribution in [2.75, 3.05) is 0 Å². The van der Waals surface area contributed by atoms with Gasteiger partial charge < -0.3 is 0 Å². The maximum Gasteiger partial charge on any atom is 0.163 e. The van der Waals surface area contributed by atoms with E-state index in [4.69, 9.17) is 11.6 Å². The van der Waals surface area contributed by atoms with Gasteiger partial charge in [0.2, 0.25) is 0 Å². The summed E-state index contributed by atoms with van der Waals surface area (Å²) in [4.78, 5) is 12.0. The van der Waals surface area contributed by atoms with Gasteiger partial charge in [-0.2, -0.15) is 5.10 Å². The molecule has 2 rings (SSSR count). The van der Waals surface area contributed by atoms with Crippen LogP contribution in [0.25, 0.3) is 0 Å². The summed E-state index contributed by atoms with van der Waals surface area (Å²) in [7, 11) is 1.87. The molecule has 4 heteroatoms. The Bertz CT molecular complexity index is 575. The highest BCUT2D eigenvalue weighted by Crippen LogP contribution is 2.22. The lowest BCUT2D eigenvalue weighted by Crippen LogP contribution is -2.04. The van der Waals surface area contributed by atoms with E-state index in [1.807, 2.05) is 44.3 Å². The number of Topliss-reactive ketones (excluding diaryl/α,β-unsaturated/α-hetero) is 1. The molecule has 0 atom stereocenters. The molecule has 3 nitrogen and oxygen atoms in total. The van der Waals surface area contributed by atoms with Crippen LogP contribution in [0.2, 0.25) is 5.02 Å². The van der Waals surface area contributed by atoms with E-state index in [-0.39, 0.29) is 5.78 Å². The smallest absolute Gasteiger partial charge is 0.163 e. The molecule has 19 heavy (non-hydrogen) atoms. The number of hydrogen-bond acceptors (Lipinski definition) is 2. The minimum atomic E-state index is 0.135. The first-order chi connectivity index (χ1) is 9.13. The van der Waals surface area contributed by atoms with Crippen LogP contribution in [0.15, 0.2) is 30.3 Å². The van der Waals surface area contributed by atoms with E-state index in [0.29, 0.717) is 17.9 Å². The molecule has 1 heterocycles. The van der Waals surface area contributed by atoms with Crippen LogP contribution in [0.3, 0.4) is 0 Å². The van der Waals surface area contributed by atoms with Gasteiger partial charge >= 0.3 is 0 Å². The van der Waals surface area contributed by atoms with Crippen molar-refractivity contribution in [2.24, 2.45) is 7.05 Å². The number of carbonyl (C=O) groups excluding carboxylic acids is 1. The number of nitrogens with zero attached hydrogens (tertiary/aromatic N) is 2. The fraction of sp³-hybridized carbons (Fsp3) is 0.333. The molecule has 0 aliphatic carbocycles. The molecule has 0 saturated carbocycles. The molecule has 1 aromatic heterocycles. The molecule has 100 valence electrons. The minimum Gasteiger partial charge on any atom is -0.294 e. The Kier molecular flexibility index (Phi) is 4.38. The normalized spacial score (nSPS) is 10.7. The van der Waals surface area contributed by atoms with E-state index in [0.717, 1.165) is 23.4 Å². The first kappa shape index (κ1) is 13.8. The number of aromatic nitrogens is 2. The molecule has 0 aliphatic heterocycles. The van der Waals surface area contributed by atoms with Gasteiger partial charge in [-0.05, 0) is 12.8 Å². The van der Waals surface area contributed by atoms with Gasteiger partial charge in [-0.25, -0.2) is 0 Å². The Balaban J connectivity index is 2.07. The summed E-state index contributed by atoms with van der Waals surface area (Å²) < 4.78 is 1.78. The number of benzene rings is 1. The molecule has 0 aliphatic rings. The van der Waals surface area contributed by atoms with Crippen LogP contribution in [-0.2, 0) is 19.9 Å². The maximum absolute atomic E-state index is 12.0. The molecule has 0 amide bonds. The third-order valence-electron chi connectivity index (χ3n) is 3.19. The topological polar surface area (TPSA) is 34.9 Å². The average molecular weight is 277 g/mol. The lowest BCUT2D eigenvalue weighted by Gasteiger charge is -2.03. The molecule has 0 unspecified atom stereocenters. The number of halogens is 1. The zero-order chi connectivity index (χ0) is 13.8. The van der Waals surface area contributed by atoms with Crippen molar-refractivity contribution in [3.8, 4) is 0 Å². The first-order valence-corrected chi connectivity index (χ1v) is 6.79. The van der Waals surface area contributed by atoms with Crippen molar-refractivity contribution >= 4 is 17.4 Å². The second kappa shape index (κ2) is 6.02. The molecule has 0 radical (unpaired) electrons. The number of ketones is 1. The average Bonchev–Trinajstić information content (AvgIpc) is 2.72. The molecular weight excluding hydrogens is 260 g/mol. The van der Waals surface area contributed by atoms with Gasteiger partial charge in [0, 0.05) is 19.0 Å². The van der Waals surface area contributed by atoms with Crippen LogP contribution < -0.4 is 0 Å². The Labute approximate surface area is 118 Å². The van der Waals surface area contributed by atoms with E-state index >= 15 is 0 Å². The SMILES string of the molecule is CCc1nn(C)c(CCC(=O)c2ccccc2)c1Cl. The largest absolute Gasteiger partial charge is 0.294 e. The number of rotatable bonds is 5. The lowest BCUT2D eigenvalue weighted by molar-refractivity contribution is 0.0982. The fourth-order valence-corrected chi connectivity index (χ4v) is 2.48. The van der Waals surface area contributed by atoms with Crippen LogP contribution in [0, 0.1) is 0 Å². The highest BCUT2D eigenvalue weighted by atomic mass is 35.5. The van der Waals surface area contributed by atoms with Crippen molar-refractivity contribution < 1.29 is 4.79 Å². The molecule has 0 fully saturated rings. The zero-order valence-electron chi connectivity index (χ0n) is 11.2. The molecular formula is C15H17ClN2O. The van der Waals surface area contributed by atoms with Gasteiger partial charge in [-0.1, -0.05) is 48.9 Å². The first-order valence-electron chi connectivity index (χ1n) is 6.42. The van der Waals surface area contributed by atoms with Crippen LogP contribution in [0.4, 0.5) is 0 Å². The Hall–Kier alpha value is -1.61. The monoisotopic (exact) mass is 276 g/mol. The summed E-state index contributed by atoms with van der Waals surface area (Å²) in [6.45, 7) is 2.02. The van der Waals surface area contributed by atoms with E-state index in [2.05, 4.69) is 5.10 Å². The standard InChI is InChI=1S/C15H17ClN2O/c1-3-12-15(16)13(18(2)17-12)9-10-14(19)11-7-5-4-6-8-11/h4-8H,3,9-10H2,1-2H3. The quantitative estimate of drug-likeness (QED) is 0.784. The molecule has 0 bridgehead atoms. The maximum atomic E-state index is 12.0. The number of carbonyl (C=O) groups is 1. The van der Waals surface area contributed by atoms with Gasteiger partial charge in [0.1, 0.15) is 0 Å². The van der Waals surface area contributed by atoms with Crippen LogP contribution in [0.5, 0.6) is 0 Å². The van der Waals surface area contributed by atoms with Gasteiger partial charge in [-0.3, -0.25) is 9.48 Å². The third-order valence-corrected chi connectivity index (χ3v) is 3.62. The van der Waals surface area contributed by atoms with Crippen molar-refractivity contribution in [1.82, 2.24) is 9.78 Å². The third kappa shape index (κ3) is 3.04. The molecule has 0 spiro atoms. The van der Waals surface area contributed by atoms with Crippen molar-refractivity contribution in [3.05, 3.63) is 52.3 Å². The second-order valence-electron chi connectivity index (χ2n) is 4.47. The fourth-order valence-electron chi connectivity index (χ4n) is 2.09. The summed E-state index contributed by atoms with van der Waals surface area (Å²) in [5, 5.41) is 5.05. The van der Waals surface area contributed by atoms with Gasteiger partial charge in [-0.15, -0.1) is 0 Å². The van der Waals surface area contributed by atoms with E-state index in [9.17, 15) is 4.79 Å². The second-order valence-corrected chi connectivity index (χ2v) is 4.85. The summed E-state index contributed by atoms with van der Waals surface area (Å²) in [6, 6.07) is 9.33. The Morgan fingerprint density at radius 3 is 2.58 bits per heavy atom. The zero-order valence-corrected chi connectivity index (χ0v) is 11.9. The Morgan fingerprint density at radius 1 is 1.32 bits per heavy atom. The van der Waals surface area contributed by atoms with E-state index in [1.165, 1.54) is 0 Å². The predicted octanol–water partition coefficient (Wildman–Crippen LogP) is 3.45. The van der Waals surface area contributed by atoms with Gasteiger partial charge in [0.05, 0.1) is 16.4 Å². The Morgan fingerprint density at radius 2 is 2.00 bits per heavy atom. The van der Waals surface area contributed by atoms with Gasteiger partial charge in [0.25, 0.3) is 0 Å². The summed E-state index contributed by atoms with van der Waals surface area (Å²) in [5.74, 6) is 0.135. The van der Waals surface area contributed by atoms with E-state index < -0.39 is 0 Å². The molecule has 1 aromatic carbocycles. The molecule has 0 N–H and O–H groups in total. The number of hydrogen-bond donors (Lipinski definition) is 0. The molecule has 2 aromatic rings. The van der Waals surface area contributed by atoms with Crippen molar-refractivity contribution in [2.45, 2.75) is 26.2 Å². The van der Waals surface area contributed by atoms with Gasteiger partial charge in [0.15, 0.2) is 5.78 Å². The van der Waals surface area contributed by atoms with Crippen LogP contribution in [0.1, 0.15) is 35.1 Å². The van der Waals surface area contributed by atoms with Crippen LogP contribution in [-0.4, -0.2) is 15.6 Å². The summed E-state index contributed by atoms with van der Waals surface area (Å²) in [6.07, 6.45) is 1.88. The highest BCUT2D eigenvalue weighted by Gasteiger charge is 2.14. The van der Waals surface area contributed by atoms with E-state index in [1.54, 1.807) is 4.68 Å². The van der Waals surface area contributed by atoms with Crippen LogP contribution >= 0.6 is 11.6 Å². The molecule has 0 saturated heterocycles. The number of aryl methyl sites for hydroxylation is 2. The summed E-state index contributed by atoms with van der Waals surface area (Å²) in [5.41, 5.74) is 2.57. The predicted molar refractivity (Wildman–Crippen MR) is 76.7 cm³/mol.